The summed E-state index contributed by atoms with van der Waals surface area (Å²) in [5.41, 5.74) is 16.0. The first-order chi connectivity index (χ1) is 36.4. The van der Waals surface area contributed by atoms with Crippen molar-refractivity contribution in [3.8, 4) is 90.8 Å². The second-order valence-corrected chi connectivity index (χ2v) is 18.5. The summed E-state index contributed by atoms with van der Waals surface area (Å²) in [6.07, 6.45) is 1.83. The second-order valence-electron chi connectivity index (χ2n) is 18.5. The Labute approximate surface area is 427 Å². The Balaban J connectivity index is 0.580. The molecular weight excluding hydrogens is 923 g/mol. The lowest BCUT2D eigenvalue weighted by atomic mass is 10.0. The molecule has 0 spiro atoms. The average Bonchev–Trinajstić information content (AvgIpc) is 4.28. The van der Waals surface area contributed by atoms with Crippen LogP contribution in [0.25, 0.3) is 112 Å². The van der Waals surface area contributed by atoms with E-state index in [0.717, 1.165) is 161 Å². The van der Waals surface area contributed by atoms with E-state index in [1.807, 2.05) is 72.8 Å². The van der Waals surface area contributed by atoms with Gasteiger partial charge in [-0.1, -0.05) is 24.3 Å². The van der Waals surface area contributed by atoms with Crippen LogP contribution in [0.15, 0.2) is 170 Å². The van der Waals surface area contributed by atoms with Crippen LogP contribution in [-0.2, 0) is 0 Å². The molecule has 12 aromatic rings. The number of nitrogens with zero attached hydrogens (tertiary/aromatic N) is 5. The highest BCUT2D eigenvalue weighted by molar-refractivity contribution is 5.90. The van der Waals surface area contributed by atoms with Gasteiger partial charge in [-0.15, -0.1) is 0 Å². The summed E-state index contributed by atoms with van der Waals surface area (Å²) in [4.78, 5) is 35.8. The van der Waals surface area contributed by atoms with Crippen LogP contribution < -0.4 is 18.9 Å². The lowest BCUT2D eigenvalue weighted by molar-refractivity contribution is 0.239. The van der Waals surface area contributed by atoms with Gasteiger partial charge >= 0.3 is 0 Å². The highest BCUT2D eigenvalue weighted by atomic mass is 16.5. The molecule has 0 bridgehead atoms. The highest BCUT2D eigenvalue weighted by Crippen LogP contribution is 2.33. The molecule has 0 radical (unpaired) electrons. The molecule has 4 heterocycles. The van der Waals surface area contributed by atoms with Crippen molar-refractivity contribution in [3.05, 3.63) is 170 Å². The third kappa shape index (κ3) is 9.76. The summed E-state index contributed by atoms with van der Waals surface area (Å²) in [5.74, 6) is 6.60. The number of aromatic nitrogens is 8. The van der Waals surface area contributed by atoms with Crippen molar-refractivity contribution in [3.63, 3.8) is 0 Å². The van der Waals surface area contributed by atoms with Gasteiger partial charge in [0, 0.05) is 35.3 Å². The van der Waals surface area contributed by atoms with Gasteiger partial charge in [0.15, 0.2) is 0 Å². The number of aromatic amines is 4. The first-order valence-electron chi connectivity index (χ1n) is 24.8. The zero-order chi connectivity index (χ0) is 50.0. The number of methoxy groups -OCH3 is 2. The fourth-order valence-electron chi connectivity index (χ4n) is 9.38. The molecule has 8 aromatic carbocycles. The van der Waals surface area contributed by atoms with Gasteiger partial charge in [0.05, 0.1) is 71.6 Å². The lowest BCUT2D eigenvalue weighted by Gasteiger charge is -2.17. The van der Waals surface area contributed by atoms with E-state index in [2.05, 4.69) is 129 Å². The number of H-pyrrole nitrogens is 4. The van der Waals surface area contributed by atoms with Gasteiger partial charge < -0.3 is 43.8 Å². The number of hydrogen-bond donors (Lipinski definition) is 4. The summed E-state index contributed by atoms with van der Waals surface area (Å²) >= 11 is 0. The van der Waals surface area contributed by atoms with Gasteiger partial charge in [-0.3, -0.25) is 0 Å². The Hall–Kier alpha value is -9.20. The van der Waals surface area contributed by atoms with E-state index in [-0.39, 0.29) is 0 Å². The number of ether oxygens (including phenoxy) is 4. The third-order valence-corrected chi connectivity index (χ3v) is 13.5. The SMILES string of the molecule is COc1ccc(-c2nc3ccc(-c4ccc5nc(-c6ccc(OCCCN(C)CCCOc7ccc(-c8nc9ccc(-c%10ccc%11nc(-c%12ccc(OC)cc%12)[nH]c%11c%10)cc9[nH]8)cc7)cc6)[nH]c5c4)cc3[nH]2)cc1. The normalized spacial score (nSPS) is 11.6. The van der Waals surface area contributed by atoms with E-state index in [0.29, 0.717) is 13.2 Å². The zero-order valence-corrected chi connectivity index (χ0v) is 41.3. The largest absolute Gasteiger partial charge is 0.497 e. The maximum atomic E-state index is 6.13. The predicted molar refractivity (Wildman–Crippen MR) is 295 cm³/mol. The Kier molecular flexibility index (Phi) is 12.5. The lowest BCUT2D eigenvalue weighted by Crippen LogP contribution is -2.23. The summed E-state index contributed by atoms with van der Waals surface area (Å²) in [6.45, 7) is 3.13. The summed E-state index contributed by atoms with van der Waals surface area (Å²) in [5, 5.41) is 0. The van der Waals surface area contributed by atoms with E-state index in [1.54, 1.807) is 14.2 Å². The van der Waals surface area contributed by atoms with Crippen LogP contribution >= 0.6 is 0 Å². The van der Waals surface area contributed by atoms with Crippen LogP contribution in [0.5, 0.6) is 23.0 Å². The molecule has 12 rings (SSSR count). The van der Waals surface area contributed by atoms with Crippen molar-refractivity contribution in [1.29, 1.82) is 0 Å². The average molecular weight is 976 g/mol. The second kappa shape index (κ2) is 20.1. The smallest absolute Gasteiger partial charge is 0.138 e. The first kappa shape index (κ1) is 45.9. The molecule has 13 heteroatoms. The number of fused-ring (bicyclic) bond motifs is 4. The molecule has 0 unspecified atom stereocenters. The van der Waals surface area contributed by atoms with E-state index < -0.39 is 0 Å². The predicted octanol–water partition coefficient (Wildman–Crippen LogP) is 13.4. The monoisotopic (exact) mass is 975 g/mol. The molecule has 0 atom stereocenters. The van der Waals surface area contributed by atoms with E-state index in [1.165, 1.54) is 0 Å². The molecule has 4 N–H and O–H groups in total. The van der Waals surface area contributed by atoms with Gasteiger partial charge in [0.2, 0.25) is 0 Å². The molecule has 0 amide bonds. The van der Waals surface area contributed by atoms with Crippen molar-refractivity contribution >= 4 is 44.1 Å². The number of benzene rings is 8. The highest BCUT2D eigenvalue weighted by Gasteiger charge is 2.14. The van der Waals surface area contributed by atoms with Crippen LogP contribution in [0.1, 0.15) is 12.8 Å². The Morgan fingerprint density at radius 1 is 0.338 bits per heavy atom. The van der Waals surface area contributed by atoms with Gasteiger partial charge in [-0.25, -0.2) is 19.9 Å². The topological polar surface area (TPSA) is 155 Å². The number of nitrogens with one attached hydrogen (secondary N) is 4. The first-order valence-corrected chi connectivity index (χ1v) is 24.8. The van der Waals surface area contributed by atoms with Crippen molar-refractivity contribution in [1.82, 2.24) is 44.8 Å². The van der Waals surface area contributed by atoms with Crippen molar-refractivity contribution < 1.29 is 18.9 Å². The quantitative estimate of drug-likeness (QED) is 0.0615. The Morgan fingerprint density at radius 3 is 0.865 bits per heavy atom. The molecule has 13 nitrogen and oxygen atoms in total. The molecule has 0 aliphatic carbocycles. The number of hydrogen-bond acceptors (Lipinski definition) is 9. The van der Waals surface area contributed by atoms with Crippen molar-refractivity contribution in [2.45, 2.75) is 12.8 Å². The van der Waals surface area contributed by atoms with Crippen molar-refractivity contribution in [2.75, 3.05) is 47.6 Å². The molecule has 4 aromatic heterocycles. The summed E-state index contributed by atoms with van der Waals surface area (Å²) < 4.78 is 22.9. The number of rotatable bonds is 18. The fraction of sp³-hybridized carbons (Fsp3) is 0.148. The molecule has 0 aliphatic rings. The van der Waals surface area contributed by atoms with Crippen LogP contribution in [0.3, 0.4) is 0 Å². The minimum absolute atomic E-state index is 0.634. The van der Waals surface area contributed by atoms with E-state index in [9.17, 15) is 0 Å². The standard InChI is InChI=1S/C61H53N9O4/c1-70(30-4-32-73-48-22-10-40(11-23-48)60-64-52-28-16-44(36-56(52)68-60)42-14-26-50-54(34-42)66-58(62-50)38-6-18-46(71-2)19-7-38)31-5-33-74-49-24-12-41(13-25-49)61-65-53-29-17-45(37-57(53)69-61)43-15-27-51-55(35-43)67-59(63-51)39-8-20-47(72-3)21-9-39/h6-29,34-37H,4-5,30-33H2,1-3H3,(H,62,66)(H,63,67)(H,64,68)(H,65,69). The van der Waals surface area contributed by atoms with E-state index in [4.69, 9.17) is 38.9 Å². The zero-order valence-electron chi connectivity index (χ0n) is 41.3. The molecule has 74 heavy (non-hydrogen) atoms. The fourth-order valence-corrected chi connectivity index (χ4v) is 9.38. The van der Waals surface area contributed by atoms with Gasteiger partial charge in [-0.05, 0) is 188 Å². The number of imidazole rings is 4. The minimum Gasteiger partial charge on any atom is -0.497 e. The maximum absolute atomic E-state index is 6.13. The Bertz CT molecular complexity index is 3640. The third-order valence-electron chi connectivity index (χ3n) is 13.5. The molecular formula is C61H53N9O4. The van der Waals surface area contributed by atoms with Crippen LogP contribution in [-0.4, -0.2) is 92.3 Å². The molecule has 0 fully saturated rings. The van der Waals surface area contributed by atoms with Gasteiger partial charge in [0.25, 0.3) is 0 Å². The molecule has 0 saturated carbocycles. The minimum atomic E-state index is 0.634. The van der Waals surface area contributed by atoms with Crippen LogP contribution in [0, 0.1) is 0 Å². The van der Waals surface area contributed by atoms with Crippen LogP contribution in [0.2, 0.25) is 0 Å². The maximum Gasteiger partial charge on any atom is 0.138 e. The van der Waals surface area contributed by atoms with Gasteiger partial charge in [-0.2, -0.15) is 0 Å². The van der Waals surface area contributed by atoms with Gasteiger partial charge in [0.1, 0.15) is 46.3 Å². The summed E-state index contributed by atoms with van der Waals surface area (Å²) in [7, 11) is 5.48. The molecule has 366 valence electrons. The van der Waals surface area contributed by atoms with Crippen molar-refractivity contribution in [2.24, 2.45) is 0 Å². The summed E-state index contributed by atoms with van der Waals surface area (Å²) in [6, 6.07) is 57.4. The molecule has 0 saturated heterocycles. The molecule has 0 aliphatic heterocycles. The Morgan fingerprint density at radius 2 is 0.595 bits per heavy atom. The van der Waals surface area contributed by atoms with E-state index >= 15 is 0 Å². The van der Waals surface area contributed by atoms with Crippen LogP contribution in [0.4, 0.5) is 0 Å².